The molecule has 3 rings (SSSR count). The van der Waals surface area contributed by atoms with E-state index in [-0.39, 0.29) is 11.9 Å². The van der Waals surface area contributed by atoms with Gasteiger partial charge in [0.2, 0.25) is 0 Å². The maximum absolute atomic E-state index is 12.4. The quantitative estimate of drug-likeness (QED) is 0.890. The second-order valence-electron chi connectivity index (χ2n) is 6.12. The Hall–Kier alpha value is -2.30. The molecule has 1 unspecified atom stereocenters. The topological polar surface area (TPSA) is 56.2 Å². The molecule has 1 heterocycles. The third kappa shape index (κ3) is 3.38. The maximum Gasteiger partial charge on any atom is 0.272 e. The van der Waals surface area contributed by atoms with E-state index in [4.69, 9.17) is 4.74 Å². The van der Waals surface area contributed by atoms with Crippen molar-refractivity contribution in [2.24, 2.45) is 0 Å². The van der Waals surface area contributed by atoms with Crippen molar-refractivity contribution in [3.8, 4) is 11.4 Å². The minimum absolute atomic E-state index is 0.108. The molecule has 1 saturated carbocycles. The second kappa shape index (κ2) is 6.44. The minimum atomic E-state index is -0.108. The van der Waals surface area contributed by atoms with E-state index >= 15 is 0 Å². The van der Waals surface area contributed by atoms with Gasteiger partial charge >= 0.3 is 0 Å². The summed E-state index contributed by atoms with van der Waals surface area (Å²) in [4.78, 5) is 12.4. The molecule has 122 valence electrons. The van der Waals surface area contributed by atoms with Crippen LogP contribution in [0.1, 0.15) is 55.2 Å². The zero-order valence-electron chi connectivity index (χ0n) is 13.9. The van der Waals surface area contributed by atoms with Crippen LogP contribution in [0.25, 0.3) is 5.69 Å². The lowest BCUT2D eigenvalue weighted by atomic mass is 10.2. The van der Waals surface area contributed by atoms with E-state index in [0.717, 1.165) is 36.4 Å². The number of carbonyl (C=O) groups excluding carboxylic acids is 1. The monoisotopic (exact) mass is 313 g/mol. The normalized spacial score (nSPS) is 15.3. The summed E-state index contributed by atoms with van der Waals surface area (Å²) in [5.74, 6) is 1.17. The van der Waals surface area contributed by atoms with Gasteiger partial charge in [0.15, 0.2) is 5.69 Å². The van der Waals surface area contributed by atoms with E-state index in [1.54, 1.807) is 7.11 Å². The zero-order chi connectivity index (χ0) is 16.4. The molecular weight excluding hydrogens is 290 g/mol. The van der Waals surface area contributed by atoms with Crippen molar-refractivity contribution in [1.29, 1.82) is 0 Å². The molecule has 1 amide bonds. The molecule has 2 aromatic rings. The van der Waals surface area contributed by atoms with Crippen LogP contribution in [0.3, 0.4) is 0 Å². The van der Waals surface area contributed by atoms with Crippen LogP contribution in [-0.2, 0) is 0 Å². The molecule has 0 spiro atoms. The number of carbonyl (C=O) groups is 1. The Labute approximate surface area is 136 Å². The fourth-order valence-corrected chi connectivity index (χ4v) is 2.53. The molecule has 0 saturated heterocycles. The molecule has 0 bridgehead atoms. The third-order valence-corrected chi connectivity index (χ3v) is 4.25. The Kier molecular flexibility index (Phi) is 4.37. The van der Waals surface area contributed by atoms with Crippen molar-refractivity contribution >= 4 is 5.91 Å². The van der Waals surface area contributed by atoms with Gasteiger partial charge in [-0.1, -0.05) is 13.0 Å². The predicted molar refractivity (Wildman–Crippen MR) is 89.3 cm³/mol. The summed E-state index contributed by atoms with van der Waals surface area (Å²) in [6, 6.07) is 9.84. The van der Waals surface area contributed by atoms with E-state index in [1.165, 1.54) is 0 Å². The van der Waals surface area contributed by atoms with Gasteiger partial charge in [0, 0.05) is 23.7 Å². The van der Waals surface area contributed by atoms with Gasteiger partial charge in [-0.2, -0.15) is 5.10 Å². The summed E-state index contributed by atoms with van der Waals surface area (Å²) in [6.45, 7) is 4.05. The zero-order valence-corrected chi connectivity index (χ0v) is 13.9. The summed E-state index contributed by atoms with van der Waals surface area (Å²) in [6.07, 6.45) is 3.21. The Morgan fingerprint density at radius 2 is 2.22 bits per heavy atom. The van der Waals surface area contributed by atoms with E-state index in [1.807, 2.05) is 41.9 Å². The summed E-state index contributed by atoms with van der Waals surface area (Å²) in [5.41, 5.74) is 2.51. The lowest BCUT2D eigenvalue weighted by molar-refractivity contribution is 0.0934. The molecule has 23 heavy (non-hydrogen) atoms. The molecule has 0 aliphatic heterocycles. The van der Waals surface area contributed by atoms with Gasteiger partial charge in [-0.3, -0.25) is 4.79 Å². The molecule has 1 aromatic carbocycles. The van der Waals surface area contributed by atoms with Crippen LogP contribution in [0.15, 0.2) is 30.3 Å². The van der Waals surface area contributed by atoms with E-state index in [9.17, 15) is 4.79 Å². The number of amides is 1. The average molecular weight is 313 g/mol. The average Bonchev–Trinajstić information content (AvgIpc) is 3.32. The number of nitrogens with one attached hydrogen (secondary N) is 1. The lowest BCUT2D eigenvalue weighted by Gasteiger charge is -2.09. The molecule has 5 nitrogen and oxygen atoms in total. The van der Waals surface area contributed by atoms with Crippen molar-refractivity contribution < 1.29 is 9.53 Å². The van der Waals surface area contributed by atoms with Crippen LogP contribution in [0, 0.1) is 0 Å². The fraction of sp³-hybridized carbons (Fsp3) is 0.444. The van der Waals surface area contributed by atoms with Crippen LogP contribution in [0.5, 0.6) is 5.75 Å². The molecule has 5 heteroatoms. The summed E-state index contributed by atoms with van der Waals surface area (Å²) < 4.78 is 7.17. The molecule has 1 aliphatic carbocycles. The first-order valence-electron chi connectivity index (χ1n) is 8.17. The van der Waals surface area contributed by atoms with Gasteiger partial charge in [0.1, 0.15) is 5.75 Å². The predicted octanol–water partition coefficient (Wildman–Crippen LogP) is 3.29. The third-order valence-electron chi connectivity index (χ3n) is 4.25. The number of ether oxygens (including phenoxy) is 1. The van der Waals surface area contributed by atoms with Crippen LogP contribution in [0.4, 0.5) is 0 Å². The van der Waals surface area contributed by atoms with Crippen molar-refractivity contribution in [2.75, 3.05) is 7.11 Å². The van der Waals surface area contributed by atoms with Crippen LogP contribution >= 0.6 is 0 Å². The highest BCUT2D eigenvalue weighted by Gasteiger charge is 2.30. The van der Waals surface area contributed by atoms with Crippen molar-refractivity contribution in [1.82, 2.24) is 15.1 Å². The maximum atomic E-state index is 12.4. The van der Waals surface area contributed by atoms with Crippen LogP contribution < -0.4 is 10.1 Å². The van der Waals surface area contributed by atoms with Gasteiger partial charge in [-0.05, 0) is 44.4 Å². The van der Waals surface area contributed by atoms with Crippen molar-refractivity contribution in [2.45, 2.75) is 45.1 Å². The molecule has 1 atom stereocenters. The molecule has 1 fully saturated rings. The Morgan fingerprint density at radius 1 is 1.43 bits per heavy atom. The first-order chi connectivity index (χ1) is 11.1. The summed E-state index contributed by atoms with van der Waals surface area (Å²) in [5, 5.41) is 7.53. The van der Waals surface area contributed by atoms with Crippen LogP contribution in [0.2, 0.25) is 0 Å². The van der Waals surface area contributed by atoms with Gasteiger partial charge in [-0.15, -0.1) is 0 Å². The van der Waals surface area contributed by atoms with Crippen LogP contribution in [-0.4, -0.2) is 28.8 Å². The SMILES string of the molecule is CCC(C)NC(=O)c1cc(C2CC2)n(-c2cccc(OC)c2)n1. The first-order valence-corrected chi connectivity index (χ1v) is 8.17. The molecule has 1 aliphatic rings. The number of hydrogen-bond acceptors (Lipinski definition) is 3. The van der Waals surface area contributed by atoms with Gasteiger partial charge in [0.05, 0.1) is 12.8 Å². The summed E-state index contributed by atoms with van der Waals surface area (Å²) >= 11 is 0. The molecule has 1 aromatic heterocycles. The highest BCUT2D eigenvalue weighted by atomic mass is 16.5. The molecular formula is C18H23N3O2. The first kappa shape index (κ1) is 15.6. The van der Waals surface area contributed by atoms with Gasteiger partial charge < -0.3 is 10.1 Å². The highest BCUT2D eigenvalue weighted by molar-refractivity contribution is 5.92. The Bertz CT molecular complexity index is 704. The summed E-state index contributed by atoms with van der Waals surface area (Å²) in [7, 11) is 1.65. The van der Waals surface area contributed by atoms with Crippen molar-refractivity contribution in [3.63, 3.8) is 0 Å². The largest absolute Gasteiger partial charge is 0.497 e. The Balaban J connectivity index is 1.94. The minimum Gasteiger partial charge on any atom is -0.497 e. The Morgan fingerprint density at radius 3 is 2.87 bits per heavy atom. The highest BCUT2D eigenvalue weighted by Crippen LogP contribution is 2.41. The second-order valence-corrected chi connectivity index (χ2v) is 6.12. The number of methoxy groups -OCH3 is 1. The van der Waals surface area contributed by atoms with E-state index in [2.05, 4.69) is 17.3 Å². The van der Waals surface area contributed by atoms with E-state index < -0.39 is 0 Å². The van der Waals surface area contributed by atoms with Gasteiger partial charge in [0.25, 0.3) is 5.91 Å². The molecule has 0 radical (unpaired) electrons. The van der Waals surface area contributed by atoms with E-state index in [0.29, 0.717) is 11.6 Å². The fourth-order valence-electron chi connectivity index (χ4n) is 2.53. The number of rotatable bonds is 6. The number of aromatic nitrogens is 2. The lowest BCUT2D eigenvalue weighted by Crippen LogP contribution is -2.32. The molecule has 1 N–H and O–H groups in total. The number of hydrogen-bond donors (Lipinski definition) is 1. The number of nitrogens with zero attached hydrogens (tertiary/aromatic N) is 2. The van der Waals surface area contributed by atoms with Crippen molar-refractivity contribution in [3.05, 3.63) is 41.7 Å². The number of benzene rings is 1. The van der Waals surface area contributed by atoms with Gasteiger partial charge in [-0.25, -0.2) is 4.68 Å². The smallest absolute Gasteiger partial charge is 0.272 e. The standard InChI is InChI=1S/C18H23N3O2/c1-4-12(2)19-18(22)16-11-17(13-8-9-13)21(20-16)14-6-5-7-15(10-14)23-3/h5-7,10-13H,4,8-9H2,1-3H3,(H,19,22).